The van der Waals surface area contributed by atoms with Crippen LogP contribution in [0.5, 0.6) is 0 Å². The Morgan fingerprint density at radius 3 is 3.08 bits per heavy atom. The molecular weight excluding hydrogens is 184 g/mol. The minimum absolute atomic E-state index is 0.00250. The third-order valence-corrected chi connectivity index (χ3v) is 3.37. The maximum absolute atomic E-state index is 11.3. The number of hydrogen-bond donors (Lipinski definition) is 0. The minimum Gasteiger partial charge on any atom is -0.337 e. The summed E-state index contributed by atoms with van der Waals surface area (Å²) in [6.45, 7) is 0.829. The molecule has 1 aromatic heterocycles. The minimum atomic E-state index is -0.943. The highest BCUT2D eigenvalue weighted by atomic mass is 32.2. The summed E-state index contributed by atoms with van der Waals surface area (Å²) in [4.78, 5) is 0. The lowest BCUT2D eigenvalue weighted by Gasteiger charge is -2.01. The van der Waals surface area contributed by atoms with Crippen LogP contribution in [-0.4, -0.2) is 15.0 Å². The van der Waals surface area contributed by atoms with Gasteiger partial charge < -0.3 is 4.57 Å². The Bertz CT molecular complexity index is 402. The molecule has 2 atom stereocenters. The Hall–Kier alpha value is -1.08. The Balaban J connectivity index is 2.48. The van der Waals surface area contributed by atoms with Gasteiger partial charge in [-0.25, -0.2) is 0 Å². The van der Waals surface area contributed by atoms with Gasteiger partial charge in [0.2, 0.25) is 0 Å². The summed E-state index contributed by atoms with van der Waals surface area (Å²) in [5.74, 6) is -0.00250. The van der Waals surface area contributed by atoms with Crippen molar-refractivity contribution in [3.8, 4) is 6.07 Å². The predicted molar refractivity (Wildman–Crippen MR) is 49.7 cm³/mol. The van der Waals surface area contributed by atoms with Crippen molar-refractivity contribution in [2.45, 2.75) is 23.9 Å². The first-order valence-corrected chi connectivity index (χ1v) is 5.72. The van der Waals surface area contributed by atoms with Crippen molar-refractivity contribution in [2.75, 3.05) is 6.26 Å². The molecule has 4 heteroatoms. The molecule has 0 bridgehead atoms. The second-order valence-corrected chi connectivity index (χ2v) is 4.50. The highest BCUT2D eigenvalue weighted by molar-refractivity contribution is 7.84. The summed E-state index contributed by atoms with van der Waals surface area (Å²) in [7, 11) is -0.943. The molecule has 1 aliphatic heterocycles. The van der Waals surface area contributed by atoms with Crippen molar-refractivity contribution in [3.63, 3.8) is 0 Å². The molecule has 0 aromatic carbocycles. The Morgan fingerprint density at radius 2 is 2.46 bits per heavy atom. The van der Waals surface area contributed by atoms with E-state index in [1.54, 1.807) is 6.26 Å². The van der Waals surface area contributed by atoms with E-state index in [-0.39, 0.29) is 5.92 Å². The zero-order valence-corrected chi connectivity index (χ0v) is 8.17. The fourth-order valence-corrected chi connectivity index (χ4v) is 2.56. The summed E-state index contributed by atoms with van der Waals surface area (Å²) < 4.78 is 13.3. The van der Waals surface area contributed by atoms with Gasteiger partial charge in [-0.3, -0.25) is 4.21 Å². The Labute approximate surface area is 79.4 Å². The van der Waals surface area contributed by atoms with Crippen molar-refractivity contribution in [1.82, 2.24) is 4.57 Å². The molecular formula is C9H10N2OS. The lowest BCUT2D eigenvalue weighted by atomic mass is 10.1. The Kier molecular flexibility index (Phi) is 1.97. The van der Waals surface area contributed by atoms with Crippen LogP contribution in [0.25, 0.3) is 0 Å². The van der Waals surface area contributed by atoms with Crippen LogP contribution in [-0.2, 0) is 17.3 Å². The number of fused-ring (bicyclic) bond motifs is 1. The van der Waals surface area contributed by atoms with Gasteiger partial charge in [-0.2, -0.15) is 5.26 Å². The predicted octanol–water partition coefficient (Wildman–Crippen LogP) is 1.24. The standard InChI is InChI=1S/C9H10N2OS/c1-13(12)9-3-2-8-7(6-10)4-5-11(8)9/h2-3,7H,4-5H2,1H3. The molecule has 0 saturated heterocycles. The van der Waals surface area contributed by atoms with Gasteiger partial charge in [-0.05, 0) is 18.6 Å². The monoisotopic (exact) mass is 194 g/mol. The van der Waals surface area contributed by atoms with Crippen LogP contribution in [0.4, 0.5) is 0 Å². The summed E-state index contributed by atoms with van der Waals surface area (Å²) in [5.41, 5.74) is 1.02. The second-order valence-electron chi connectivity index (χ2n) is 3.17. The van der Waals surface area contributed by atoms with Gasteiger partial charge in [-0.15, -0.1) is 0 Å². The van der Waals surface area contributed by atoms with E-state index in [0.717, 1.165) is 23.7 Å². The Morgan fingerprint density at radius 1 is 1.69 bits per heavy atom. The van der Waals surface area contributed by atoms with Gasteiger partial charge in [-0.1, -0.05) is 0 Å². The van der Waals surface area contributed by atoms with Crippen LogP contribution in [0.3, 0.4) is 0 Å². The maximum atomic E-state index is 11.3. The molecule has 2 rings (SSSR count). The SMILES string of the molecule is CS(=O)c1ccc2n1CCC2C#N. The van der Waals surface area contributed by atoms with Crippen LogP contribution in [0.2, 0.25) is 0 Å². The number of nitrogens with zero attached hydrogens (tertiary/aromatic N) is 2. The molecule has 2 heterocycles. The molecule has 0 radical (unpaired) electrons. The summed E-state index contributed by atoms with van der Waals surface area (Å²) in [6, 6.07) is 6.02. The fourth-order valence-electron chi connectivity index (χ4n) is 1.80. The van der Waals surface area contributed by atoms with Gasteiger partial charge in [0, 0.05) is 18.5 Å². The van der Waals surface area contributed by atoms with Crippen molar-refractivity contribution >= 4 is 10.8 Å². The van der Waals surface area contributed by atoms with E-state index in [9.17, 15) is 4.21 Å². The van der Waals surface area contributed by atoms with E-state index >= 15 is 0 Å². The zero-order valence-electron chi connectivity index (χ0n) is 7.36. The first-order valence-electron chi connectivity index (χ1n) is 4.16. The van der Waals surface area contributed by atoms with Gasteiger partial charge in [0.25, 0.3) is 0 Å². The first-order chi connectivity index (χ1) is 6.24. The second kappa shape index (κ2) is 3.00. The molecule has 0 aliphatic carbocycles. The van der Waals surface area contributed by atoms with Crippen LogP contribution < -0.4 is 0 Å². The van der Waals surface area contributed by atoms with Crippen molar-refractivity contribution in [3.05, 3.63) is 17.8 Å². The number of hydrogen-bond acceptors (Lipinski definition) is 2. The quantitative estimate of drug-likeness (QED) is 0.675. The molecule has 0 fully saturated rings. The third-order valence-electron chi connectivity index (χ3n) is 2.42. The summed E-state index contributed by atoms with van der Waals surface area (Å²) in [6.07, 6.45) is 2.53. The lowest BCUT2D eigenvalue weighted by molar-refractivity contribution is 0.654. The van der Waals surface area contributed by atoms with Crippen LogP contribution in [0.15, 0.2) is 17.2 Å². The first kappa shape index (κ1) is 8.52. The van der Waals surface area contributed by atoms with Gasteiger partial charge in [0.1, 0.15) is 5.03 Å². The third kappa shape index (κ3) is 1.20. The molecule has 3 nitrogen and oxygen atoms in total. The molecule has 0 spiro atoms. The van der Waals surface area contributed by atoms with Crippen LogP contribution in [0, 0.1) is 11.3 Å². The summed E-state index contributed by atoms with van der Waals surface area (Å²) >= 11 is 0. The highest BCUT2D eigenvalue weighted by Crippen LogP contribution is 2.30. The van der Waals surface area contributed by atoms with Gasteiger partial charge in [0.05, 0.1) is 22.8 Å². The average molecular weight is 194 g/mol. The van der Waals surface area contributed by atoms with Gasteiger partial charge in [0.15, 0.2) is 0 Å². The van der Waals surface area contributed by atoms with E-state index in [4.69, 9.17) is 5.26 Å². The fraction of sp³-hybridized carbons (Fsp3) is 0.444. The van der Waals surface area contributed by atoms with E-state index < -0.39 is 10.8 Å². The molecule has 68 valence electrons. The number of aromatic nitrogens is 1. The van der Waals surface area contributed by atoms with E-state index in [1.165, 1.54) is 0 Å². The molecule has 1 aliphatic rings. The van der Waals surface area contributed by atoms with Gasteiger partial charge >= 0.3 is 0 Å². The summed E-state index contributed by atoms with van der Waals surface area (Å²) in [5, 5.41) is 9.66. The smallest absolute Gasteiger partial charge is 0.106 e. The molecule has 13 heavy (non-hydrogen) atoms. The molecule has 1 aromatic rings. The van der Waals surface area contributed by atoms with Crippen molar-refractivity contribution in [2.24, 2.45) is 0 Å². The maximum Gasteiger partial charge on any atom is 0.106 e. The van der Waals surface area contributed by atoms with E-state index in [1.807, 2.05) is 16.7 Å². The zero-order chi connectivity index (χ0) is 9.42. The topological polar surface area (TPSA) is 45.8 Å². The number of rotatable bonds is 1. The normalized spacial score (nSPS) is 22.3. The lowest BCUT2D eigenvalue weighted by Crippen LogP contribution is -2.00. The van der Waals surface area contributed by atoms with E-state index in [2.05, 4.69) is 6.07 Å². The number of nitriles is 1. The van der Waals surface area contributed by atoms with Crippen molar-refractivity contribution in [1.29, 1.82) is 5.26 Å². The van der Waals surface area contributed by atoms with Crippen LogP contribution in [0.1, 0.15) is 18.0 Å². The highest BCUT2D eigenvalue weighted by Gasteiger charge is 2.24. The average Bonchev–Trinajstić information content (AvgIpc) is 2.61. The molecule has 0 N–H and O–H groups in total. The van der Waals surface area contributed by atoms with E-state index in [0.29, 0.717) is 0 Å². The molecule has 0 amide bonds. The molecule has 0 saturated carbocycles. The van der Waals surface area contributed by atoms with Crippen LogP contribution >= 0.6 is 0 Å². The molecule has 2 unspecified atom stereocenters. The van der Waals surface area contributed by atoms with Crippen molar-refractivity contribution < 1.29 is 4.21 Å². The largest absolute Gasteiger partial charge is 0.337 e.